The van der Waals surface area contributed by atoms with E-state index in [9.17, 15) is 4.79 Å². The molecule has 0 bridgehead atoms. The van der Waals surface area contributed by atoms with Gasteiger partial charge in [-0.15, -0.1) is 0 Å². The zero-order valence-corrected chi connectivity index (χ0v) is 15.3. The van der Waals surface area contributed by atoms with Gasteiger partial charge in [-0.2, -0.15) is 0 Å². The SMILES string of the molecule is COc1c(C)cc(C=CC(C)=CC=CC(C)=CC(=O)O)c(C)c1C. The highest BCUT2D eigenvalue weighted by Gasteiger charge is 2.08. The van der Waals surface area contributed by atoms with E-state index in [0.29, 0.717) is 5.57 Å². The number of methoxy groups -OCH3 is 1. The zero-order chi connectivity index (χ0) is 18.3. The summed E-state index contributed by atoms with van der Waals surface area (Å²) in [5.41, 5.74) is 6.44. The molecule has 0 aliphatic rings. The Bertz CT molecular complexity index is 732. The number of hydrogen-bond donors (Lipinski definition) is 1. The molecular weight excluding hydrogens is 300 g/mol. The quantitative estimate of drug-likeness (QED) is 0.579. The fourth-order valence-electron chi connectivity index (χ4n) is 2.45. The first-order valence-corrected chi connectivity index (χ1v) is 7.85. The van der Waals surface area contributed by atoms with Crippen LogP contribution in [0.15, 0.2) is 47.6 Å². The second-order valence-electron chi connectivity index (χ2n) is 5.90. The minimum absolute atomic E-state index is 0.702. The Morgan fingerprint density at radius 1 is 1.08 bits per heavy atom. The lowest BCUT2D eigenvalue weighted by Crippen LogP contribution is -1.96. The van der Waals surface area contributed by atoms with Gasteiger partial charge in [-0.3, -0.25) is 0 Å². The number of allylic oxidation sites excluding steroid dienone is 6. The molecule has 0 saturated heterocycles. The maximum atomic E-state index is 10.6. The van der Waals surface area contributed by atoms with Crippen molar-refractivity contribution in [1.82, 2.24) is 0 Å². The van der Waals surface area contributed by atoms with E-state index < -0.39 is 5.97 Å². The van der Waals surface area contributed by atoms with Crippen LogP contribution in [0, 0.1) is 20.8 Å². The molecule has 0 fully saturated rings. The van der Waals surface area contributed by atoms with Crippen LogP contribution in [0.5, 0.6) is 5.75 Å². The Labute approximate surface area is 144 Å². The molecule has 3 nitrogen and oxygen atoms in total. The van der Waals surface area contributed by atoms with E-state index >= 15 is 0 Å². The van der Waals surface area contributed by atoms with Crippen molar-refractivity contribution in [2.45, 2.75) is 34.6 Å². The third-order valence-electron chi connectivity index (χ3n) is 3.87. The van der Waals surface area contributed by atoms with Crippen LogP contribution in [0.3, 0.4) is 0 Å². The number of carboxylic acid groups (broad SMARTS) is 1. The van der Waals surface area contributed by atoms with Crippen LogP contribution >= 0.6 is 0 Å². The topological polar surface area (TPSA) is 46.5 Å². The molecule has 0 saturated carbocycles. The largest absolute Gasteiger partial charge is 0.496 e. The highest BCUT2D eigenvalue weighted by molar-refractivity contribution is 5.81. The molecule has 0 spiro atoms. The van der Waals surface area contributed by atoms with Gasteiger partial charge < -0.3 is 9.84 Å². The molecule has 0 unspecified atom stereocenters. The van der Waals surface area contributed by atoms with Crippen molar-refractivity contribution in [3.8, 4) is 5.75 Å². The zero-order valence-electron chi connectivity index (χ0n) is 15.3. The molecule has 0 radical (unpaired) electrons. The van der Waals surface area contributed by atoms with Gasteiger partial charge in [0.25, 0.3) is 0 Å². The predicted molar refractivity (Wildman–Crippen MR) is 101 cm³/mol. The van der Waals surface area contributed by atoms with Crippen molar-refractivity contribution in [3.63, 3.8) is 0 Å². The van der Waals surface area contributed by atoms with E-state index in [0.717, 1.165) is 22.4 Å². The number of ether oxygens (including phenoxy) is 1. The smallest absolute Gasteiger partial charge is 0.328 e. The monoisotopic (exact) mass is 326 g/mol. The lowest BCUT2D eigenvalue weighted by atomic mass is 9.98. The van der Waals surface area contributed by atoms with Crippen molar-refractivity contribution < 1.29 is 14.6 Å². The van der Waals surface area contributed by atoms with Crippen molar-refractivity contribution in [2.75, 3.05) is 7.11 Å². The number of benzene rings is 1. The van der Waals surface area contributed by atoms with Crippen LogP contribution in [0.1, 0.15) is 36.1 Å². The van der Waals surface area contributed by atoms with Crippen molar-refractivity contribution >= 4 is 12.0 Å². The highest BCUT2D eigenvalue weighted by Crippen LogP contribution is 2.29. The predicted octanol–water partition coefficient (Wildman–Crippen LogP) is 5.17. The highest BCUT2D eigenvalue weighted by atomic mass is 16.5. The molecule has 0 aromatic heterocycles. The molecule has 1 aromatic rings. The summed E-state index contributed by atoms with van der Waals surface area (Å²) in [5.74, 6) is 0.0130. The van der Waals surface area contributed by atoms with Gasteiger partial charge >= 0.3 is 5.97 Å². The molecule has 24 heavy (non-hydrogen) atoms. The summed E-state index contributed by atoms with van der Waals surface area (Å²) < 4.78 is 5.45. The molecule has 0 amide bonds. The number of hydrogen-bond acceptors (Lipinski definition) is 2. The molecule has 3 heteroatoms. The van der Waals surface area contributed by atoms with Crippen molar-refractivity contribution in [1.29, 1.82) is 0 Å². The van der Waals surface area contributed by atoms with Gasteiger partial charge in [-0.05, 0) is 68.5 Å². The number of rotatable bonds is 6. The van der Waals surface area contributed by atoms with Gasteiger partial charge in [0.05, 0.1) is 7.11 Å². The summed E-state index contributed by atoms with van der Waals surface area (Å²) in [4.78, 5) is 10.6. The van der Waals surface area contributed by atoms with Gasteiger partial charge in [0.2, 0.25) is 0 Å². The van der Waals surface area contributed by atoms with Crippen molar-refractivity contribution in [3.05, 3.63) is 69.8 Å². The third kappa shape index (κ3) is 5.58. The summed E-state index contributed by atoms with van der Waals surface area (Å²) >= 11 is 0. The average Bonchev–Trinajstić information content (AvgIpc) is 2.49. The van der Waals surface area contributed by atoms with Gasteiger partial charge in [-0.25, -0.2) is 4.79 Å². The molecular formula is C21H26O3. The summed E-state index contributed by atoms with van der Waals surface area (Å²) in [6, 6.07) is 2.13. The molecule has 0 atom stereocenters. The van der Waals surface area contributed by atoms with E-state index in [1.54, 1.807) is 20.1 Å². The first-order chi connectivity index (χ1) is 11.3. The number of aliphatic carboxylic acids is 1. The maximum absolute atomic E-state index is 10.6. The van der Waals surface area contributed by atoms with E-state index in [-0.39, 0.29) is 0 Å². The Kier molecular flexibility index (Phi) is 7.25. The maximum Gasteiger partial charge on any atom is 0.328 e. The number of aryl methyl sites for hydroxylation is 1. The molecule has 0 aliphatic carbocycles. The Hall–Kier alpha value is -2.55. The Morgan fingerprint density at radius 3 is 2.33 bits per heavy atom. The second-order valence-corrected chi connectivity index (χ2v) is 5.90. The minimum Gasteiger partial charge on any atom is -0.496 e. The average molecular weight is 326 g/mol. The van der Waals surface area contributed by atoms with Crippen LogP contribution in [0.2, 0.25) is 0 Å². The first kappa shape index (κ1) is 19.5. The Morgan fingerprint density at radius 2 is 1.75 bits per heavy atom. The second kappa shape index (κ2) is 8.92. The molecule has 0 aliphatic heterocycles. The van der Waals surface area contributed by atoms with Gasteiger partial charge in [-0.1, -0.05) is 36.0 Å². The van der Waals surface area contributed by atoms with Gasteiger partial charge in [0, 0.05) is 6.08 Å². The normalized spacial score (nSPS) is 13.1. The molecule has 1 rings (SSSR count). The van der Waals surface area contributed by atoms with E-state index in [2.05, 4.69) is 26.0 Å². The van der Waals surface area contributed by atoms with Crippen LogP contribution < -0.4 is 4.74 Å². The van der Waals surface area contributed by atoms with E-state index in [1.807, 2.05) is 32.1 Å². The van der Waals surface area contributed by atoms with Crippen LogP contribution in [0.4, 0.5) is 0 Å². The van der Waals surface area contributed by atoms with Crippen molar-refractivity contribution in [2.24, 2.45) is 0 Å². The number of carbonyl (C=O) groups is 1. The lowest BCUT2D eigenvalue weighted by Gasteiger charge is -2.13. The summed E-state index contributed by atoms with van der Waals surface area (Å²) in [5, 5.41) is 8.67. The lowest BCUT2D eigenvalue weighted by molar-refractivity contribution is -0.131. The fourth-order valence-corrected chi connectivity index (χ4v) is 2.45. The van der Waals surface area contributed by atoms with E-state index in [4.69, 9.17) is 9.84 Å². The molecule has 0 heterocycles. The van der Waals surface area contributed by atoms with Gasteiger partial charge in [0.15, 0.2) is 0 Å². The first-order valence-electron chi connectivity index (χ1n) is 7.85. The molecule has 128 valence electrons. The molecule has 1 aromatic carbocycles. The summed E-state index contributed by atoms with van der Waals surface area (Å²) in [6.07, 6.45) is 10.9. The summed E-state index contributed by atoms with van der Waals surface area (Å²) in [7, 11) is 1.70. The minimum atomic E-state index is -0.932. The van der Waals surface area contributed by atoms with Crippen LogP contribution in [0.25, 0.3) is 6.08 Å². The van der Waals surface area contributed by atoms with E-state index in [1.165, 1.54) is 17.2 Å². The number of carboxylic acids is 1. The Balaban J connectivity index is 2.95. The third-order valence-corrected chi connectivity index (χ3v) is 3.87. The van der Waals surface area contributed by atoms with Gasteiger partial charge in [0.1, 0.15) is 5.75 Å². The summed E-state index contributed by atoms with van der Waals surface area (Å²) in [6.45, 7) is 9.98. The van der Waals surface area contributed by atoms with Crippen LogP contribution in [-0.2, 0) is 4.79 Å². The molecule has 1 N–H and O–H groups in total. The standard InChI is InChI=1S/C21H26O3/c1-14(8-7-9-15(2)12-20(22)23)10-11-19-13-16(3)21(24-6)18(5)17(19)4/h7-13H,1-6H3,(H,22,23). The fraction of sp³-hybridized carbons (Fsp3) is 0.286. The van der Waals surface area contributed by atoms with Crippen LogP contribution in [-0.4, -0.2) is 18.2 Å².